The molecule has 0 aromatic heterocycles. The summed E-state index contributed by atoms with van der Waals surface area (Å²) in [6.45, 7) is 4.06. The monoisotopic (exact) mass is 363 g/mol. The van der Waals surface area contributed by atoms with E-state index in [2.05, 4.69) is 4.72 Å². The van der Waals surface area contributed by atoms with Crippen molar-refractivity contribution in [1.82, 2.24) is 0 Å². The first-order valence-electron chi connectivity index (χ1n) is 7.82. The number of carbonyl (C=O) groups is 1. The second kappa shape index (κ2) is 8.02. The molecule has 0 unspecified atom stereocenters. The zero-order chi connectivity index (χ0) is 18.4. The van der Waals surface area contributed by atoms with Gasteiger partial charge in [-0.25, -0.2) is 13.2 Å². The SMILES string of the molecule is CCCOC(=O)c1ccc(NS(=O)(=O)c2cc(C)ccc2OC)cc1. The van der Waals surface area contributed by atoms with Crippen LogP contribution in [0.4, 0.5) is 5.69 Å². The van der Waals surface area contributed by atoms with E-state index < -0.39 is 16.0 Å². The first-order valence-corrected chi connectivity index (χ1v) is 9.30. The molecule has 0 radical (unpaired) electrons. The van der Waals surface area contributed by atoms with E-state index in [1.165, 1.54) is 37.4 Å². The number of anilines is 1. The van der Waals surface area contributed by atoms with Crippen molar-refractivity contribution in [2.45, 2.75) is 25.2 Å². The molecule has 0 aliphatic heterocycles. The van der Waals surface area contributed by atoms with Gasteiger partial charge in [0, 0.05) is 5.69 Å². The third kappa shape index (κ3) is 4.73. The molecule has 0 fully saturated rings. The maximum atomic E-state index is 12.6. The molecule has 2 rings (SSSR count). The number of benzene rings is 2. The van der Waals surface area contributed by atoms with E-state index in [9.17, 15) is 13.2 Å². The lowest BCUT2D eigenvalue weighted by molar-refractivity contribution is 0.0505. The van der Waals surface area contributed by atoms with E-state index in [-0.39, 0.29) is 10.6 Å². The Morgan fingerprint density at radius 1 is 1.12 bits per heavy atom. The first-order chi connectivity index (χ1) is 11.9. The Bertz CT molecular complexity index is 844. The first kappa shape index (κ1) is 18.8. The highest BCUT2D eigenvalue weighted by Gasteiger charge is 2.20. The quantitative estimate of drug-likeness (QED) is 0.763. The van der Waals surface area contributed by atoms with Crippen molar-refractivity contribution in [3.05, 3.63) is 53.6 Å². The molecule has 2 aromatic rings. The van der Waals surface area contributed by atoms with Crippen LogP contribution in [0.15, 0.2) is 47.4 Å². The molecular weight excluding hydrogens is 342 g/mol. The number of sulfonamides is 1. The fourth-order valence-corrected chi connectivity index (χ4v) is 3.47. The summed E-state index contributed by atoms with van der Waals surface area (Å²) in [5.74, 6) is -0.172. The standard InChI is InChI=1S/C18H21NO5S/c1-4-11-24-18(20)14-6-8-15(9-7-14)19-25(21,22)17-12-13(2)5-10-16(17)23-3/h5-10,12,19H,4,11H2,1-3H3. The normalized spacial score (nSPS) is 11.0. The van der Waals surface area contributed by atoms with Crippen LogP contribution in [-0.2, 0) is 14.8 Å². The Hall–Kier alpha value is -2.54. The summed E-state index contributed by atoms with van der Waals surface area (Å²) >= 11 is 0. The number of esters is 1. The highest BCUT2D eigenvalue weighted by molar-refractivity contribution is 7.92. The minimum atomic E-state index is -3.82. The van der Waals surface area contributed by atoms with E-state index in [0.29, 0.717) is 17.9 Å². The van der Waals surface area contributed by atoms with Crippen molar-refractivity contribution < 1.29 is 22.7 Å². The van der Waals surface area contributed by atoms with Gasteiger partial charge in [0.1, 0.15) is 10.6 Å². The average molecular weight is 363 g/mol. The lowest BCUT2D eigenvalue weighted by Crippen LogP contribution is -2.14. The van der Waals surface area contributed by atoms with Crippen LogP contribution in [0.1, 0.15) is 29.3 Å². The molecule has 0 aliphatic rings. The minimum Gasteiger partial charge on any atom is -0.495 e. The number of methoxy groups -OCH3 is 1. The highest BCUT2D eigenvalue weighted by atomic mass is 32.2. The molecular formula is C18H21NO5S. The molecule has 0 aliphatic carbocycles. The van der Waals surface area contributed by atoms with Crippen molar-refractivity contribution in [2.75, 3.05) is 18.4 Å². The second-order valence-corrected chi connectivity index (χ2v) is 7.12. The van der Waals surface area contributed by atoms with Crippen LogP contribution in [0.3, 0.4) is 0 Å². The van der Waals surface area contributed by atoms with Crippen LogP contribution >= 0.6 is 0 Å². The number of hydrogen-bond acceptors (Lipinski definition) is 5. The maximum Gasteiger partial charge on any atom is 0.338 e. The smallest absolute Gasteiger partial charge is 0.338 e. The van der Waals surface area contributed by atoms with E-state index in [1.54, 1.807) is 19.1 Å². The molecule has 0 atom stereocenters. The highest BCUT2D eigenvalue weighted by Crippen LogP contribution is 2.26. The van der Waals surface area contributed by atoms with Crippen LogP contribution in [0.5, 0.6) is 5.75 Å². The van der Waals surface area contributed by atoms with Gasteiger partial charge in [0.15, 0.2) is 0 Å². The number of ether oxygens (including phenoxy) is 2. The van der Waals surface area contributed by atoms with Crippen molar-refractivity contribution in [2.24, 2.45) is 0 Å². The van der Waals surface area contributed by atoms with Gasteiger partial charge in [-0.3, -0.25) is 4.72 Å². The Morgan fingerprint density at radius 3 is 2.40 bits per heavy atom. The molecule has 0 spiro atoms. The van der Waals surface area contributed by atoms with Crippen molar-refractivity contribution >= 4 is 21.7 Å². The molecule has 25 heavy (non-hydrogen) atoms. The molecule has 0 heterocycles. The Balaban J connectivity index is 2.21. The van der Waals surface area contributed by atoms with Gasteiger partial charge in [0.2, 0.25) is 0 Å². The lowest BCUT2D eigenvalue weighted by atomic mass is 10.2. The minimum absolute atomic E-state index is 0.0569. The summed E-state index contributed by atoms with van der Waals surface area (Å²) < 4.78 is 37.9. The number of aryl methyl sites for hydroxylation is 1. The molecule has 0 saturated carbocycles. The van der Waals surface area contributed by atoms with E-state index in [0.717, 1.165) is 12.0 Å². The number of carbonyl (C=O) groups excluding carboxylic acids is 1. The summed E-state index contributed by atoms with van der Waals surface area (Å²) in [7, 11) is -2.40. The maximum absolute atomic E-state index is 12.6. The molecule has 2 aromatic carbocycles. The largest absolute Gasteiger partial charge is 0.495 e. The fraction of sp³-hybridized carbons (Fsp3) is 0.278. The molecule has 0 amide bonds. The average Bonchev–Trinajstić information content (AvgIpc) is 2.60. The molecule has 6 nitrogen and oxygen atoms in total. The van der Waals surface area contributed by atoms with Gasteiger partial charge in [0.25, 0.3) is 10.0 Å². The number of rotatable bonds is 7. The fourth-order valence-electron chi connectivity index (χ4n) is 2.16. The Labute approximate surface area is 147 Å². The van der Waals surface area contributed by atoms with Crippen LogP contribution in [0, 0.1) is 6.92 Å². The molecule has 0 saturated heterocycles. The van der Waals surface area contributed by atoms with Gasteiger partial charge in [-0.05, 0) is 55.3 Å². The van der Waals surface area contributed by atoms with Crippen LogP contribution in [-0.4, -0.2) is 28.1 Å². The second-order valence-electron chi connectivity index (χ2n) is 5.47. The zero-order valence-corrected chi connectivity index (χ0v) is 15.2. The van der Waals surface area contributed by atoms with Gasteiger partial charge in [-0.15, -0.1) is 0 Å². The van der Waals surface area contributed by atoms with Gasteiger partial charge < -0.3 is 9.47 Å². The van der Waals surface area contributed by atoms with Crippen molar-refractivity contribution in [3.63, 3.8) is 0 Å². The number of nitrogens with one attached hydrogen (secondary N) is 1. The van der Waals surface area contributed by atoms with Crippen LogP contribution in [0.25, 0.3) is 0 Å². The zero-order valence-electron chi connectivity index (χ0n) is 14.4. The Morgan fingerprint density at radius 2 is 1.80 bits per heavy atom. The van der Waals surface area contributed by atoms with Gasteiger partial charge in [0.05, 0.1) is 19.3 Å². The van der Waals surface area contributed by atoms with Gasteiger partial charge >= 0.3 is 5.97 Å². The molecule has 7 heteroatoms. The van der Waals surface area contributed by atoms with Crippen molar-refractivity contribution in [1.29, 1.82) is 0 Å². The summed E-state index contributed by atoms with van der Waals surface area (Å²) in [4.78, 5) is 11.8. The predicted molar refractivity (Wildman–Crippen MR) is 95.6 cm³/mol. The van der Waals surface area contributed by atoms with Crippen molar-refractivity contribution in [3.8, 4) is 5.75 Å². The molecule has 1 N–H and O–H groups in total. The van der Waals surface area contributed by atoms with E-state index >= 15 is 0 Å². The third-order valence-electron chi connectivity index (χ3n) is 3.42. The Kier molecular flexibility index (Phi) is 6.03. The predicted octanol–water partition coefficient (Wildman–Crippen LogP) is 3.37. The van der Waals surface area contributed by atoms with Gasteiger partial charge in [-0.2, -0.15) is 0 Å². The topological polar surface area (TPSA) is 81.7 Å². The molecule has 134 valence electrons. The number of hydrogen-bond donors (Lipinski definition) is 1. The summed E-state index contributed by atoms with van der Waals surface area (Å²) in [6.07, 6.45) is 0.738. The summed E-state index contributed by atoms with van der Waals surface area (Å²) in [6, 6.07) is 11.0. The molecule has 0 bridgehead atoms. The van der Waals surface area contributed by atoms with Crippen LogP contribution < -0.4 is 9.46 Å². The van der Waals surface area contributed by atoms with Gasteiger partial charge in [-0.1, -0.05) is 13.0 Å². The van der Waals surface area contributed by atoms with Crippen LogP contribution in [0.2, 0.25) is 0 Å². The van der Waals surface area contributed by atoms with E-state index in [1.807, 2.05) is 6.92 Å². The summed E-state index contributed by atoms with van der Waals surface area (Å²) in [5.41, 5.74) is 1.51. The third-order valence-corrected chi connectivity index (χ3v) is 4.82. The van der Waals surface area contributed by atoms with E-state index in [4.69, 9.17) is 9.47 Å². The summed E-state index contributed by atoms with van der Waals surface area (Å²) in [5, 5.41) is 0. The lowest BCUT2D eigenvalue weighted by Gasteiger charge is -2.12.